The number of hydrogen-bond acceptors (Lipinski definition) is 6. The molecule has 1 aromatic carbocycles. The Kier molecular flexibility index (Phi) is 3.55. The molecule has 0 bridgehead atoms. The van der Waals surface area contributed by atoms with Gasteiger partial charge in [0, 0.05) is 31.9 Å². The first-order valence-corrected chi connectivity index (χ1v) is 7.49. The Balaban J connectivity index is 1.36. The minimum atomic E-state index is 0.436. The van der Waals surface area contributed by atoms with Gasteiger partial charge in [-0.05, 0) is 12.1 Å². The van der Waals surface area contributed by atoms with E-state index in [2.05, 4.69) is 20.2 Å². The van der Waals surface area contributed by atoms with Crippen molar-refractivity contribution in [2.45, 2.75) is 12.6 Å². The molecule has 7 heteroatoms. The molecule has 3 heterocycles. The van der Waals surface area contributed by atoms with Crippen LogP contribution in [0.3, 0.4) is 0 Å². The molecule has 7 nitrogen and oxygen atoms in total. The minimum absolute atomic E-state index is 0.436. The molecule has 3 aromatic rings. The molecule has 2 aromatic heterocycles. The van der Waals surface area contributed by atoms with Crippen LogP contribution in [0.1, 0.15) is 5.56 Å². The zero-order valence-corrected chi connectivity index (χ0v) is 12.8. The van der Waals surface area contributed by atoms with E-state index in [0.29, 0.717) is 18.5 Å². The summed E-state index contributed by atoms with van der Waals surface area (Å²) in [5.41, 5.74) is 2.05. The van der Waals surface area contributed by atoms with Crippen molar-refractivity contribution in [2.24, 2.45) is 7.05 Å². The van der Waals surface area contributed by atoms with Gasteiger partial charge in [0.25, 0.3) is 5.89 Å². The number of para-hydroxylation sites is 1. The summed E-state index contributed by atoms with van der Waals surface area (Å²) in [5, 5.41) is 11.9. The van der Waals surface area contributed by atoms with E-state index < -0.39 is 0 Å². The van der Waals surface area contributed by atoms with Gasteiger partial charge < -0.3 is 9.15 Å². The average Bonchev–Trinajstić information content (AvgIpc) is 2.93. The lowest BCUT2D eigenvalue weighted by molar-refractivity contribution is 0.293. The molecule has 1 saturated heterocycles. The largest absolute Gasteiger partial charge is 0.491 e. The fourth-order valence-corrected chi connectivity index (χ4v) is 2.61. The second-order valence-electron chi connectivity index (χ2n) is 5.66. The lowest BCUT2D eigenvalue weighted by Gasteiger charge is -2.09. The maximum atomic E-state index is 5.97. The van der Waals surface area contributed by atoms with Gasteiger partial charge in [0.1, 0.15) is 12.4 Å². The predicted molar refractivity (Wildman–Crippen MR) is 82.6 cm³/mol. The first-order valence-electron chi connectivity index (χ1n) is 7.49. The molecule has 0 saturated carbocycles. The van der Waals surface area contributed by atoms with Gasteiger partial charge in [0.15, 0.2) is 0 Å². The predicted octanol–water partition coefficient (Wildman–Crippen LogP) is 1.73. The van der Waals surface area contributed by atoms with Crippen LogP contribution in [0.15, 0.2) is 47.5 Å². The molecule has 1 aliphatic heterocycles. The van der Waals surface area contributed by atoms with Gasteiger partial charge in [-0.2, -0.15) is 5.10 Å². The van der Waals surface area contributed by atoms with E-state index in [4.69, 9.17) is 9.15 Å². The third-order valence-corrected chi connectivity index (χ3v) is 3.88. The number of hydrogen-bond donors (Lipinski definition) is 0. The second kappa shape index (κ2) is 5.85. The SMILES string of the molecule is Cn1cc(CN2CC2COc2ccccc2-c2nnco2)cn1. The van der Waals surface area contributed by atoms with Crippen molar-refractivity contribution in [1.29, 1.82) is 0 Å². The fraction of sp³-hybridized carbons (Fsp3) is 0.312. The minimum Gasteiger partial charge on any atom is -0.491 e. The van der Waals surface area contributed by atoms with Crippen LogP contribution in [-0.2, 0) is 13.6 Å². The summed E-state index contributed by atoms with van der Waals surface area (Å²) >= 11 is 0. The van der Waals surface area contributed by atoms with Crippen molar-refractivity contribution in [2.75, 3.05) is 13.2 Å². The Labute approximate surface area is 133 Å². The van der Waals surface area contributed by atoms with Crippen LogP contribution in [0.2, 0.25) is 0 Å². The molecule has 0 amide bonds. The van der Waals surface area contributed by atoms with Crippen LogP contribution >= 0.6 is 0 Å². The molecule has 0 radical (unpaired) electrons. The summed E-state index contributed by atoms with van der Waals surface area (Å²) in [4.78, 5) is 2.35. The van der Waals surface area contributed by atoms with Crippen molar-refractivity contribution in [3.8, 4) is 17.2 Å². The topological polar surface area (TPSA) is 69.0 Å². The molecular weight excluding hydrogens is 294 g/mol. The second-order valence-corrected chi connectivity index (χ2v) is 5.66. The number of ether oxygens (including phenoxy) is 1. The summed E-state index contributed by atoms with van der Waals surface area (Å²) in [5.74, 6) is 1.24. The van der Waals surface area contributed by atoms with E-state index in [0.717, 1.165) is 24.4 Å². The van der Waals surface area contributed by atoms with Gasteiger partial charge >= 0.3 is 0 Å². The number of benzene rings is 1. The van der Waals surface area contributed by atoms with Crippen LogP contribution in [0.5, 0.6) is 5.75 Å². The first kappa shape index (κ1) is 14.0. The fourth-order valence-electron chi connectivity index (χ4n) is 2.61. The van der Waals surface area contributed by atoms with Gasteiger partial charge in [0.05, 0.1) is 17.8 Å². The molecule has 0 aliphatic carbocycles. The maximum Gasteiger partial charge on any atom is 0.251 e. The van der Waals surface area contributed by atoms with E-state index in [1.165, 1.54) is 12.0 Å². The van der Waals surface area contributed by atoms with Crippen LogP contribution in [0, 0.1) is 0 Å². The molecule has 1 aliphatic rings. The van der Waals surface area contributed by atoms with Crippen LogP contribution in [0.25, 0.3) is 11.5 Å². The van der Waals surface area contributed by atoms with Crippen LogP contribution in [-0.4, -0.2) is 44.1 Å². The highest BCUT2D eigenvalue weighted by Gasteiger charge is 2.34. The molecule has 0 N–H and O–H groups in total. The summed E-state index contributed by atoms with van der Waals surface area (Å²) in [6.45, 7) is 2.59. The summed E-state index contributed by atoms with van der Waals surface area (Å²) in [7, 11) is 1.93. The highest BCUT2D eigenvalue weighted by Crippen LogP contribution is 2.29. The Morgan fingerprint density at radius 1 is 1.35 bits per heavy atom. The Morgan fingerprint density at radius 2 is 2.26 bits per heavy atom. The molecular formula is C16H17N5O2. The van der Waals surface area contributed by atoms with Gasteiger partial charge in [0.2, 0.25) is 6.39 Å². The van der Waals surface area contributed by atoms with Gasteiger partial charge in [-0.3, -0.25) is 9.58 Å². The van der Waals surface area contributed by atoms with Crippen molar-refractivity contribution in [3.05, 3.63) is 48.6 Å². The zero-order chi connectivity index (χ0) is 15.6. The van der Waals surface area contributed by atoms with Crippen molar-refractivity contribution in [1.82, 2.24) is 24.9 Å². The van der Waals surface area contributed by atoms with E-state index in [9.17, 15) is 0 Å². The Bertz CT molecular complexity index is 783. The monoisotopic (exact) mass is 311 g/mol. The molecule has 118 valence electrons. The third-order valence-electron chi connectivity index (χ3n) is 3.88. The Morgan fingerprint density at radius 3 is 3.04 bits per heavy atom. The van der Waals surface area contributed by atoms with Crippen LogP contribution in [0.4, 0.5) is 0 Å². The summed E-state index contributed by atoms with van der Waals surface area (Å²) < 4.78 is 13.1. The lowest BCUT2D eigenvalue weighted by atomic mass is 10.2. The van der Waals surface area contributed by atoms with E-state index in [1.54, 1.807) is 0 Å². The first-order chi connectivity index (χ1) is 11.3. The molecule has 0 spiro atoms. The van der Waals surface area contributed by atoms with Gasteiger partial charge in [-0.1, -0.05) is 12.1 Å². The molecule has 1 fully saturated rings. The van der Waals surface area contributed by atoms with E-state index in [-0.39, 0.29) is 0 Å². The number of rotatable bonds is 6. The summed E-state index contributed by atoms with van der Waals surface area (Å²) in [6, 6.07) is 8.15. The molecule has 23 heavy (non-hydrogen) atoms. The third kappa shape index (κ3) is 3.09. The van der Waals surface area contributed by atoms with Crippen molar-refractivity contribution in [3.63, 3.8) is 0 Å². The van der Waals surface area contributed by atoms with Crippen LogP contribution < -0.4 is 4.74 Å². The highest BCUT2D eigenvalue weighted by atomic mass is 16.5. The number of aromatic nitrogens is 4. The molecule has 2 unspecified atom stereocenters. The van der Waals surface area contributed by atoms with Gasteiger partial charge in [-0.15, -0.1) is 10.2 Å². The quantitative estimate of drug-likeness (QED) is 0.646. The van der Waals surface area contributed by atoms with Crippen molar-refractivity contribution < 1.29 is 9.15 Å². The number of aryl methyl sites for hydroxylation is 1. The highest BCUT2D eigenvalue weighted by molar-refractivity contribution is 5.62. The lowest BCUT2D eigenvalue weighted by Crippen LogP contribution is -2.11. The maximum absolute atomic E-state index is 5.97. The van der Waals surface area contributed by atoms with E-state index >= 15 is 0 Å². The summed E-state index contributed by atoms with van der Waals surface area (Å²) in [6.07, 6.45) is 5.27. The Hall–Kier alpha value is -2.67. The van der Waals surface area contributed by atoms with Crippen molar-refractivity contribution >= 4 is 0 Å². The van der Waals surface area contributed by atoms with Gasteiger partial charge in [-0.25, -0.2) is 0 Å². The standard InChI is InChI=1S/C16H17N5O2/c1-20-7-12(6-18-20)8-21-9-13(21)10-22-15-5-3-2-4-14(15)16-19-17-11-23-16/h2-7,11,13H,8-10H2,1H3. The smallest absolute Gasteiger partial charge is 0.251 e. The zero-order valence-electron chi connectivity index (χ0n) is 12.8. The normalized spacial score (nSPS) is 19.7. The van der Waals surface area contributed by atoms with E-state index in [1.807, 2.05) is 48.4 Å². The molecule has 4 rings (SSSR count). The number of nitrogens with zero attached hydrogens (tertiary/aromatic N) is 5. The molecule has 2 atom stereocenters. The average molecular weight is 311 g/mol.